The summed E-state index contributed by atoms with van der Waals surface area (Å²) in [5.41, 5.74) is 2.75. The van der Waals surface area contributed by atoms with E-state index in [1.54, 1.807) is 6.07 Å². The molecule has 1 aliphatic rings. The second-order valence-corrected chi connectivity index (χ2v) is 4.05. The van der Waals surface area contributed by atoms with Crippen molar-refractivity contribution in [2.75, 3.05) is 19.8 Å². The number of fused-ring (bicyclic) bond motifs is 1. The van der Waals surface area contributed by atoms with Crippen LogP contribution >= 0.6 is 0 Å². The standard InChI is InChI=1S/C13H12N2O2/c14-6-9-1-2-12-10(5-9)11(7-15-12)13-8-16-3-4-17-13/h1-2,5,7,13,15H,3-4,8H2. The molecule has 1 unspecified atom stereocenters. The first-order valence-electron chi connectivity index (χ1n) is 5.59. The molecule has 1 saturated heterocycles. The number of rotatable bonds is 1. The number of ether oxygens (including phenoxy) is 2. The summed E-state index contributed by atoms with van der Waals surface area (Å²) in [7, 11) is 0. The Bertz CT molecular complexity index is 577. The van der Waals surface area contributed by atoms with Crippen molar-refractivity contribution in [3.8, 4) is 6.07 Å². The Morgan fingerprint density at radius 1 is 1.35 bits per heavy atom. The highest BCUT2D eigenvalue weighted by Crippen LogP contribution is 2.28. The van der Waals surface area contributed by atoms with Gasteiger partial charge in [-0.2, -0.15) is 5.26 Å². The monoisotopic (exact) mass is 228 g/mol. The number of benzene rings is 1. The van der Waals surface area contributed by atoms with Gasteiger partial charge in [0.1, 0.15) is 6.10 Å². The van der Waals surface area contributed by atoms with Crippen LogP contribution in [-0.2, 0) is 9.47 Å². The smallest absolute Gasteiger partial charge is 0.108 e. The third-order valence-electron chi connectivity index (χ3n) is 3.01. The van der Waals surface area contributed by atoms with E-state index in [0.29, 0.717) is 25.4 Å². The molecule has 0 spiro atoms. The lowest BCUT2D eigenvalue weighted by atomic mass is 10.1. The van der Waals surface area contributed by atoms with Gasteiger partial charge in [0.15, 0.2) is 0 Å². The highest BCUT2D eigenvalue weighted by Gasteiger charge is 2.19. The van der Waals surface area contributed by atoms with Crippen molar-refractivity contribution >= 4 is 10.9 Å². The largest absolute Gasteiger partial charge is 0.376 e. The second-order valence-electron chi connectivity index (χ2n) is 4.05. The topological polar surface area (TPSA) is 58.0 Å². The minimum atomic E-state index is -0.0357. The summed E-state index contributed by atoms with van der Waals surface area (Å²) in [5.74, 6) is 0. The van der Waals surface area contributed by atoms with Crippen LogP contribution in [-0.4, -0.2) is 24.8 Å². The number of hydrogen-bond acceptors (Lipinski definition) is 3. The van der Waals surface area contributed by atoms with Crippen LogP contribution < -0.4 is 0 Å². The van der Waals surface area contributed by atoms with Gasteiger partial charge in [0.2, 0.25) is 0 Å². The van der Waals surface area contributed by atoms with Gasteiger partial charge in [0.25, 0.3) is 0 Å². The average molecular weight is 228 g/mol. The van der Waals surface area contributed by atoms with Gasteiger partial charge < -0.3 is 14.5 Å². The van der Waals surface area contributed by atoms with Crippen molar-refractivity contribution in [3.05, 3.63) is 35.5 Å². The molecule has 3 rings (SSSR count). The number of aromatic nitrogens is 1. The van der Waals surface area contributed by atoms with Crippen molar-refractivity contribution in [3.63, 3.8) is 0 Å². The molecule has 4 heteroatoms. The summed E-state index contributed by atoms with van der Waals surface area (Å²) < 4.78 is 11.1. The molecule has 1 aliphatic heterocycles. The summed E-state index contributed by atoms with van der Waals surface area (Å²) in [6.45, 7) is 1.85. The van der Waals surface area contributed by atoms with Gasteiger partial charge in [-0.1, -0.05) is 0 Å². The fourth-order valence-corrected chi connectivity index (χ4v) is 2.15. The lowest BCUT2D eigenvalue weighted by Crippen LogP contribution is -2.21. The molecular weight excluding hydrogens is 216 g/mol. The van der Waals surface area contributed by atoms with Crippen molar-refractivity contribution in [2.45, 2.75) is 6.10 Å². The minimum Gasteiger partial charge on any atom is -0.376 e. The molecule has 1 N–H and O–H groups in total. The molecule has 0 saturated carbocycles. The van der Waals surface area contributed by atoms with E-state index in [0.717, 1.165) is 16.5 Å². The minimum absolute atomic E-state index is 0.0357. The second kappa shape index (κ2) is 4.21. The summed E-state index contributed by atoms with van der Waals surface area (Å²) >= 11 is 0. The lowest BCUT2D eigenvalue weighted by Gasteiger charge is -2.22. The van der Waals surface area contributed by atoms with Gasteiger partial charge in [-0.15, -0.1) is 0 Å². The number of nitriles is 1. The quantitative estimate of drug-likeness (QED) is 0.813. The predicted molar refractivity (Wildman–Crippen MR) is 62.5 cm³/mol. The Balaban J connectivity index is 2.06. The molecule has 86 valence electrons. The first kappa shape index (κ1) is 10.3. The van der Waals surface area contributed by atoms with Crippen LogP contribution in [0.5, 0.6) is 0 Å². The SMILES string of the molecule is N#Cc1ccc2[nH]cc(C3COCCO3)c2c1. The van der Waals surface area contributed by atoms with E-state index in [2.05, 4.69) is 11.1 Å². The van der Waals surface area contributed by atoms with Gasteiger partial charge >= 0.3 is 0 Å². The highest BCUT2D eigenvalue weighted by molar-refractivity contribution is 5.84. The Hall–Kier alpha value is -1.83. The summed E-state index contributed by atoms with van der Waals surface area (Å²) in [6.07, 6.45) is 1.90. The summed E-state index contributed by atoms with van der Waals surface area (Å²) in [5, 5.41) is 9.96. The fraction of sp³-hybridized carbons (Fsp3) is 0.308. The fourth-order valence-electron chi connectivity index (χ4n) is 2.15. The van der Waals surface area contributed by atoms with E-state index in [4.69, 9.17) is 14.7 Å². The van der Waals surface area contributed by atoms with Crippen molar-refractivity contribution < 1.29 is 9.47 Å². The molecular formula is C13H12N2O2. The molecule has 2 heterocycles. The van der Waals surface area contributed by atoms with Crippen LogP contribution in [0.15, 0.2) is 24.4 Å². The molecule has 1 aromatic heterocycles. The third kappa shape index (κ3) is 1.80. The van der Waals surface area contributed by atoms with E-state index in [9.17, 15) is 0 Å². The first-order valence-corrected chi connectivity index (χ1v) is 5.59. The van der Waals surface area contributed by atoms with E-state index in [-0.39, 0.29) is 6.10 Å². The molecule has 0 radical (unpaired) electrons. The zero-order valence-corrected chi connectivity index (χ0v) is 9.27. The van der Waals surface area contributed by atoms with Gasteiger partial charge in [-0.3, -0.25) is 0 Å². The molecule has 2 aromatic rings. The van der Waals surface area contributed by atoms with Gasteiger partial charge in [0, 0.05) is 22.7 Å². The molecule has 1 fully saturated rings. The first-order chi connectivity index (χ1) is 8.38. The van der Waals surface area contributed by atoms with Crippen LogP contribution in [0, 0.1) is 11.3 Å². The number of nitrogens with zero attached hydrogens (tertiary/aromatic N) is 1. The van der Waals surface area contributed by atoms with Gasteiger partial charge in [0.05, 0.1) is 31.5 Å². The Labute approximate surface area is 98.8 Å². The van der Waals surface area contributed by atoms with Crippen LogP contribution in [0.4, 0.5) is 0 Å². The Kier molecular flexibility index (Phi) is 2.56. The van der Waals surface area contributed by atoms with Crippen LogP contribution in [0.1, 0.15) is 17.2 Å². The molecule has 0 aliphatic carbocycles. The third-order valence-corrected chi connectivity index (χ3v) is 3.01. The van der Waals surface area contributed by atoms with E-state index in [1.807, 2.05) is 18.3 Å². The number of H-pyrrole nitrogens is 1. The number of aromatic amines is 1. The molecule has 0 amide bonds. The maximum atomic E-state index is 8.92. The zero-order valence-electron chi connectivity index (χ0n) is 9.27. The van der Waals surface area contributed by atoms with E-state index < -0.39 is 0 Å². The van der Waals surface area contributed by atoms with Gasteiger partial charge in [-0.05, 0) is 18.2 Å². The normalized spacial score (nSPS) is 20.3. The molecule has 0 bridgehead atoms. The maximum absolute atomic E-state index is 8.92. The molecule has 1 aromatic carbocycles. The highest BCUT2D eigenvalue weighted by atomic mass is 16.6. The number of nitrogens with one attached hydrogen (secondary N) is 1. The van der Waals surface area contributed by atoms with Crippen LogP contribution in [0.2, 0.25) is 0 Å². The predicted octanol–water partition coefficient (Wildman–Crippen LogP) is 2.13. The maximum Gasteiger partial charge on any atom is 0.108 e. The number of hydrogen-bond donors (Lipinski definition) is 1. The average Bonchev–Trinajstić information content (AvgIpc) is 2.82. The van der Waals surface area contributed by atoms with Crippen molar-refractivity contribution in [2.24, 2.45) is 0 Å². The van der Waals surface area contributed by atoms with Crippen LogP contribution in [0.25, 0.3) is 10.9 Å². The van der Waals surface area contributed by atoms with Crippen molar-refractivity contribution in [1.82, 2.24) is 4.98 Å². The zero-order chi connectivity index (χ0) is 11.7. The summed E-state index contributed by atoms with van der Waals surface area (Å²) in [4.78, 5) is 3.19. The molecule has 4 nitrogen and oxygen atoms in total. The molecule has 17 heavy (non-hydrogen) atoms. The summed E-state index contributed by atoms with van der Waals surface area (Å²) in [6, 6.07) is 7.77. The Morgan fingerprint density at radius 2 is 2.29 bits per heavy atom. The van der Waals surface area contributed by atoms with Crippen LogP contribution in [0.3, 0.4) is 0 Å². The Morgan fingerprint density at radius 3 is 3.06 bits per heavy atom. The van der Waals surface area contributed by atoms with Crippen molar-refractivity contribution in [1.29, 1.82) is 5.26 Å². The van der Waals surface area contributed by atoms with Gasteiger partial charge in [-0.25, -0.2) is 0 Å². The molecule has 1 atom stereocenters. The van der Waals surface area contributed by atoms with E-state index in [1.165, 1.54) is 0 Å². The lowest BCUT2D eigenvalue weighted by molar-refractivity contribution is -0.0895. The van der Waals surface area contributed by atoms with E-state index >= 15 is 0 Å².